The molecule has 0 rings (SSSR count). The minimum Gasteiger partial charge on any atom is -0.383 e. The number of alkyl halides is 1. The summed E-state index contributed by atoms with van der Waals surface area (Å²) < 4.78 is 5.08. The van der Waals surface area contributed by atoms with Crippen LogP contribution in [0.5, 0.6) is 0 Å². The molecule has 92 valence electrons. The summed E-state index contributed by atoms with van der Waals surface area (Å²) >= 11 is 5.76. The normalized spacial score (nSPS) is 11.6. The first-order chi connectivity index (χ1) is 7.28. The number of ether oxygens (including phenoxy) is 1. The second-order valence-corrected chi connectivity index (χ2v) is 3.93. The van der Waals surface area contributed by atoms with Gasteiger partial charge in [-0.1, -0.05) is 13.8 Å². The Balaban J connectivity index is 3.72. The molecule has 0 aliphatic carbocycles. The van der Waals surface area contributed by atoms with Crippen molar-refractivity contribution in [2.45, 2.75) is 13.8 Å². The third kappa shape index (κ3) is 8.03. The van der Waals surface area contributed by atoms with Gasteiger partial charge in [0.2, 0.25) is 0 Å². The molecule has 0 saturated heterocycles. The summed E-state index contributed by atoms with van der Waals surface area (Å²) in [4.78, 5) is 4.78. The van der Waals surface area contributed by atoms with Crippen LogP contribution in [-0.4, -0.2) is 68.7 Å². The van der Waals surface area contributed by atoms with Crippen LogP contribution in [0, 0.1) is 0 Å². The maximum atomic E-state index is 5.76. The van der Waals surface area contributed by atoms with E-state index in [2.05, 4.69) is 23.6 Å². The van der Waals surface area contributed by atoms with E-state index in [0.717, 1.165) is 45.9 Å². The summed E-state index contributed by atoms with van der Waals surface area (Å²) in [5.41, 5.74) is 0. The number of hydrogen-bond donors (Lipinski definition) is 0. The topological polar surface area (TPSA) is 15.7 Å². The van der Waals surface area contributed by atoms with E-state index in [0.29, 0.717) is 5.88 Å². The van der Waals surface area contributed by atoms with Crippen molar-refractivity contribution in [1.82, 2.24) is 9.80 Å². The van der Waals surface area contributed by atoms with Crippen LogP contribution in [0.25, 0.3) is 0 Å². The molecule has 0 saturated carbocycles. The molecule has 0 heterocycles. The van der Waals surface area contributed by atoms with Crippen molar-refractivity contribution in [2.75, 3.05) is 58.9 Å². The van der Waals surface area contributed by atoms with Gasteiger partial charge in [-0.2, -0.15) is 0 Å². The first-order valence-corrected chi connectivity index (χ1v) is 6.31. The molecule has 3 nitrogen and oxygen atoms in total. The van der Waals surface area contributed by atoms with Gasteiger partial charge in [-0.05, 0) is 13.1 Å². The van der Waals surface area contributed by atoms with Crippen LogP contribution in [0.1, 0.15) is 13.8 Å². The van der Waals surface area contributed by atoms with E-state index >= 15 is 0 Å². The summed E-state index contributed by atoms with van der Waals surface area (Å²) in [6.45, 7) is 11.6. The Morgan fingerprint density at radius 1 is 0.933 bits per heavy atom. The summed E-state index contributed by atoms with van der Waals surface area (Å²) in [6.07, 6.45) is 0. The van der Waals surface area contributed by atoms with E-state index in [9.17, 15) is 0 Å². The van der Waals surface area contributed by atoms with Crippen LogP contribution in [-0.2, 0) is 4.74 Å². The number of methoxy groups -OCH3 is 1. The first-order valence-electron chi connectivity index (χ1n) is 5.78. The minimum atomic E-state index is 0.696. The van der Waals surface area contributed by atoms with E-state index < -0.39 is 0 Å². The van der Waals surface area contributed by atoms with Crippen LogP contribution >= 0.6 is 11.6 Å². The lowest BCUT2D eigenvalue weighted by Gasteiger charge is -2.25. The maximum Gasteiger partial charge on any atom is 0.0589 e. The molecule has 15 heavy (non-hydrogen) atoms. The Morgan fingerprint density at radius 3 is 2.00 bits per heavy atom. The predicted molar refractivity (Wildman–Crippen MR) is 66.8 cm³/mol. The molecule has 0 aromatic rings. The van der Waals surface area contributed by atoms with E-state index in [-0.39, 0.29) is 0 Å². The van der Waals surface area contributed by atoms with Gasteiger partial charge in [0.15, 0.2) is 0 Å². The van der Waals surface area contributed by atoms with Crippen LogP contribution in [0.4, 0.5) is 0 Å². The number of likely N-dealkylation sites (N-methyl/N-ethyl adjacent to an activating group) is 1. The van der Waals surface area contributed by atoms with Crippen molar-refractivity contribution in [2.24, 2.45) is 0 Å². The third-order valence-electron chi connectivity index (χ3n) is 2.64. The van der Waals surface area contributed by atoms with E-state index in [1.54, 1.807) is 7.11 Å². The van der Waals surface area contributed by atoms with Gasteiger partial charge in [-0.25, -0.2) is 0 Å². The van der Waals surface area contributed by atoms with Gasteiger partial charge >= 0.3 is 0 Å². The molecule has 0 amide bonds. The van der Waals surface area contributed by atoms with Gasteiger partial charge in [0.1, 0.15) is 0 Å². The first kappa shape index (κ1) is 15.2. The Kier molecular flexibility index (Phi) is 10.8. The lowest BCUT2D eigenvalue weighted by molar-refractivity contribution is 0.141. The molecular weight excluding hydrogens is 212 g/mol. The van der Waals surface area contributed by atoms with Gasteiger partial charge < -0.3 is 9.64 Å². The minimum absolute atomic E-state index is 0.696. The summed E-state index contributed by atoms with van der Waals surface area (Å²) in [7, 11) is 1.74. The van der Waals surface area contributed by atoms with Gasteiger partial charge in [-0.3, -0.25) is 4.90 Å². The highest BCUT2D eigenvalue weighted by Crippen LogP contribution is 1.93. The van der Waals surface area contributed by atoms with Crippen LogP contribution in [0.3, 0.4) is 0 Å². The van der Waals surface area contributed by atoms with Gasteiger partial charge in [0.25, 0.3) is 0 Å². The molecule has 0 aliphatic rings. The fourth-order valence-electron chi connectivity index (χ4n) is 1.50. The zero-order valence-corrected chi connectivity index (χ0v) is 11.1. The molecule has 0 atom stereocenters. The highest BCUT2D eigenvalue weighted by atomic mass is 35.5. The van der Waals surface area contributed by atoms with Crippen LogP contribution in [0.2, 0.25) is 0 Å². The Bertz CT molecular complexity index is 132. The molecule has 0 radical (unpaired) electrons. The molecule has 4 heteroatoms. The van der Waals surface area contributed by atoms with E-state index in [4.69, 9.17) is 16.3 Å². The van der Waals surface area contributed by atoms with Crippen molar-refractivity contribution in [3.05, 3.63) is 0 Å². The summed E-state index contributed by atoms with van der Waals surface area (Å²) in [5.74, 6) is 0.696. The fraction of sp³-hybridized carbons (Fsp3) is 1.00. The second-order valence-electron chi connectivity index (χ2n) is 3.55. The number of hydrogen-bond acceptors (Lipinski definition) is 3. The molecule has 0 unspecified atom stereocenters. The molecule has 0 fully saturated rings. The quantitative estimate of drug-likeness (QED) is 0.535. The van der Waals surface area contributed by atoms with E-state index in [1.165, 1.54) is 0 Å². The van der Waals surface area contributed by atoms with Crippen molar-refractivity contribution in [3.8, 4) is 0 Å². The Labute approximate surface area is 99.3 Å². The SMILES string of the molecule is CCN(CC)CCN(CCCl)CCOC. The zero-order valence-electron chi connectivity index (χ0n) is 10.3. The molecule has 0 spiro atoms. The fourth-order valence-corrected chi connectivity index (χ4v) is 1.74. The third-order valence-corrected chi connectivity index (χ3v) is 2.81. The monoisotopic (exact) mass is 236 g/mol. The average Bonchev–Trinajstić information content (AvgIpc) is 2.27. The second kappa shape index (κ2) is 10.7. The van der Waals surface area contributed by atoms with Crippen LogP contribution in [0.15, 0.2) is 0 Å². The summed E-state index contributed by atoms with van der Waals surface area (Å²) in [6, 6.07) is 0. The van der Waals surface area contributed by atoms with Gasteiger partial charge in [-0.15, -0.1) is 11.6 Å². The average molecular weight is 237 g/mol. The van der Waals surface area contributed by atoms with E-state index in [1.807, 2.05) is 0 Å². The zero-order chi connectivity index (χ0) is 11.5. The van der Waals surface area contributed by atoms with Crippen molar-refractivity contribution >= 4 is 11.6 Å². The highest BCUT2D eigenvalue weighted by Gasteiger charge is 2.06. The van der Waals surface area contributed by atoms with Crippen molar-refractivity contribution in [3.63, 3.8) is 0 Å². The number of nitrogens with zero attached hydrogens (tertiary/aromatic N) is 2. The molecule has 0 aliphatic heterocycles. The number of halogens is 1. The maximum absolute atomic E-state index is 5.76. The lowest BCUT2D eigenvalue weighted by atomic mass is 10.4. The molecule has 0 aromatic heterocycles. The number of rotatable bonds is 10. The molecule has 0 bridgehead atoms. The predicted octanol–water partition coefficient (Wildman–Crippen LogP) is 1.52. The lowest BCUT2D eigenvalue weighted by Crippen LogP contribution is -2.37. The van der Waals surface area contributed by atoms with Crippen molar-refractivity contribution < 1.29 is 4.74 Å². The largest absolute Gasteiger partial charge is 0.383 e. The highest BCUT2D eigenvalue weighted by molar-refractivity contribution is 6.18. The van der Waals surface area contributed by atoms with Gasteiger partial charge in [0, 0.05) is 39.2 Å². The Morgan fingerprint density at radius 2 is 1.53 bits per heavy atom. The standard InChI is InChI=1S/C11H25ClN2O/c1-4-13(5-2)8-9-14(7-6-12)10-11-15-3/h4-11H2,1-3H3. The molecule has 0 N–H and O–H groups in total. The summed E-state index contributed by atoms with van der Waals surface area (Å²) in [5, 5.41) is 0. The Hall–Kier alpha value is 0.170. The smallest absolute Gasteiger partial charge is 0.0589 e. The molecular formula is C11H25ClN2O. The van der Waals surface area contributed by atoms with Crippen molar-refractivity contribution in [1.29, 1.82) is 0 Å². The van der Waals surface area contributed by atoms with Gasteiger partial charge in [0.05, 0.1) is 6.61 Å². The molecule has 0 aromatic carbocycles. The van der Waals surface area contributed by atoms with Crippen LogP contribution < -0.4 is 0 Å².